The van der Waals surface area contributed by atoms with E-state index in [0.29, 0.717) is 16.5 Å². The van der Waals surface area contributed by atoms with Crippen LogP contribution in [0.4, 0.5) is 0 Å². The SMILES string of the molecule is NC(=O)c1cccc2c1[nH]c(=O)c1ccccc12. The number of fused-ring (bicyclic) bond motifs is 3. The van der Waals surface area contributed by atoms with Gasteiger partial charge in [0.25, 0.3) is 11.5 Å². The third kappa shape index (κ3) is 1.39. The van der Waals surface area contributed by atoms with Crippen LogP contribution in [-0.4, -0.2) is 10.9 Å². The molecule has 1 heterocycles. The highest BCUT2D eigenvalue weighted by molar-refractivity contribution is 6.12. The van der Waals surface area contributed by atoms with Gasteiger partial charge in [0.05, 0.1) is 11.1 Å². The molecule has 0 aliphatic carbocycles. The van der Waals surface area contributed by atoms with E-state index < -0.39 is 5.91 Å². The molecule has 3 rings (SSSR count). The number of H-pyrrole nitrogens is 1. The van der Waals surface area contributed by atoms with E-state index >= 15 is 0 Å². The van der Waals surface area contributed by atoms with E-state index in [9.17, 15) is 9.59 Å². The van der Waals surface area contributed by atoms with Crippen LogP contribution in [-0.2, 0) is 0 Å². The number of carbonyl (C=O) groups is 1. The molecular weight excluding hydrogens is 228 g/mol. The van der Waals surface area contributed by atoms with Gasteiger partial charge in [0.15, 0.2) is 0 Å². The van der Waals surface area contributed by atoms with Gasteiger partial charge in [-0.15, -0.1) is 0 Å². The number of hydrogen-bond donors (Lipinski definition) is 2. The van der Waals surface area contributed by atoms with Crippen LogP contribution < -0.4 is 11.3 Å². The molecule has 4 heteroatoms. The number of aromatic nitrogens is 1. The van der Waals surface area contributed by atoms with Crippen LogP contribution in [0.25, 0.3) is 21.7 Å². The fraction of sp³-hybridized carbons (Fsp3) is 0. The van der Waals surface area contributed by atoms with Crippen LogP contribution >= 0.6 is 0 Å². The zero-order valence-electron chi connectivity index (χ0n) is 9.44. The van der Waals surface area contributed by atoms with Crippen molar-refractivity contribution in [2.75, 3.05) is 0 Å². The molecule has 1 amide bonds. The summed E-state index contributed by atoms with van der Waals surface area (Å²) < 4.78 is 0. The maximum absolute atomic E-state index is 12.0. The Kier molecular flexibility index (Phi) is 2.16. The second kappa shape index (κ2) is 3.70. The molecule has 0 fully saturated rings. The lowest BCUT2D eigenvalue weighted by Gasteiger charge is -2.06. The number of carbonyl (C=O) groups excluding carboxylic acids is 1. The molecule has 18 heavy (non-hydrogen) atoms. The van der Waals surface area contributed by atoms with E-state index in [2.05, 4.69) is 4.98 Å². The summed E-state index contributed by atoms with van der Waals surface area (Å²) in [6.07, 6.45) is 0. The predicted octanol–water partition coefficient (Wildman–Crippen LogP) is 1.78. The molecule has 1 aromatic heterocycles. The Hall–Kier alpha value is -2.62. The van der Waals surface area contributed by atoms with Crippen molar-refractivity contribution in [2.45, 2.75) is 0 Å². The first kappa shape index (κ1) is 10.5. The standard InChI is InChI=1S/C14H10N2O2/c15-13(17)11-7-3-6-9-8-4-1-2-5-10(8)14(18)16-12(9)11/h1-7H,(H2,15,17)(H,16,18). The third-order valence-corrected chi connectivity index (χ3v) is 3.03. The van der Waals surface area contributed by atoms with Crippen molar-refractivity contribution < 1.29 is 4.79 Å². The summed E-state index contributed by atoms with van der Waals surface area (Å²) in [5.74, 6) is -0.550. The summed E-state index contributed by atoms with van der Waals surface area (Å²) in [4.78, 5) is 26.0. The van der Waals surface area contributed by atoms with Gasteiger partial charge < -0.3 is 10.7 Å². The van der Waals surface area contributed by atoms with Crippen molar-refractivity contribution in [1.29, 1.82) is 0 Å². The molecule has 2 aromatic carbocycles. The van der Waals surface area contributed by atoms with Crippen LogP contribution in [0, 0.1) is 0 Å². The number of benzene rings is 2. The number of nitrogens with two attached hydrogens (primary N) is 1. The second-order valence-electron chi connectivity index (χ2n) is 4.09. The number of rotatable bonds is 1. The number of para-hydroxylation sites is 1. The maximum atomic E-state index is 12.0. The van der Waals surface area contributed by atoms with Crippen LogP contribution in [0.1, 0.15) is 10.4 Å². The minimum Gasteiger partial charge on any atom is -0.366 e. The molecule has 3 aromatic rings. The Morgan fingerprint density at radius 3 is 2.33 bits per heavy atom. The van der Waals surface area contributed by atoms with Gasteiger partial charge in [0.2, 0.25) is 0 Å². The number of primary amides is 1. The van der Waals surface area contributed by atoms with Gasteiger partial charge in [-0.2, -0.15) is 0 Å². The fourth-order valence-corrected chi connectivity index (χ4v) is 2.21. The molecule has 88 valence electrons. The number of aromatic amines is 1. The normalized spacial score (nSPS) is 10.9. The van der Waals surface area contributed by atoms with Gasteiger partial charge in [0.1, 0.15) is 0 Å². The van der Waals surface area contributed by atoms with Gasteiger partial charge in [-0.25, -0.2) is 0 Å². The molecule has 0 saturated carbocycles. The van der Waals surface area contributed by atoms with E-state index in [1.54, 1.807) is 24.3 Å². The Balaban J connectivity index is 2.62. The van der Waals surface area contributed by atoms with Crippen LogP contribution in [0.2, 0.25) is 0 Å². The Morgan fingerprint density at radius 1 is 0.944 bits per heavy atom. The second-order valence-corrected chi connectivity index (χ2v) is 4.09. The van der Waals surface area contributed by atoms with Crippen molar-refractivity contribution in [3.63, 3.8) is 0 Å². The summed E-state index contributed by atoms with van der Waals surface area (Å²) in [6, 6.07) is 12.5. The summed E-state index contributed by atoms with van der Waals surface area (Å²) in [5.41, 5.74) is 5.92. The lowest BCUT2D eigenvalue weighted by atomic mass is 10.0. The van der Waals surface area contributed by atoms with Crippen molar-refractivity contribution in [1.82, 2.24) is 4.98 Å². The summed E-state index contributed by atoms with van der Waals surface area (Å²) >= 11 is 0. The molecule has 0 aliphatic rings. The van der Waals surface area contributed by atoms with E-state index in [1.807, 2.05) is 18.2 Å². The average molecular weight is 238 g/mol. The Labute approximate surface area is 102 Å². The monoisotopic (exact) mass is 238 g/mol. The maximum Gasteiger partial charge on any atom is 0.256 e. The Morgan fingerprint density at radius 2 is 1.61 bits per heavy atom. The first-order valence-electron chi connectivity index (χ1n) is 5.52. The summed E-state index contributed by atoms with van der Waals surface area (Å²) in [7, 11) is 0. The van der Waals surface area contributed by atoms with E-state index in [4.69, 9.17) is 5.73 Å². The zero-order chi connectivity index (χ0) is 12.7. The van der Waals surface area contributed by atoms with Crippen LogP contribution in [0.15, 0.2) is 47.3 Å². The lowest BCUT2D eigenvalue weighted by molar-refractivity contribution is 0.100. The fourth-order valence-electron chi connectivity index (χ4n) is 2.21. The highest BCUT2D eigenvalue weighted by Crippen LogP contribution is 2.23. The lowest BCUT2D eigenvalue weighted by Crippen LogP contribution is -2.14. The zero-order valence-corrected chi connectivity index (χ0v) is 9.44. The number of hydrogen-bond acceptors (Lipinski definition) is 2. The molecule has 0 aliphatic heterocycles. The summed E-state index contributed by atoms with van der Waals surface area (Å²) in [6.45, 7) is 0. The minimum atomic E-state index is -0.550. The molecular formula is C14H10N2O2. The van der Waals surface area contributed by atoms with Gasteiger partial charge in [0, 0.05) is 10.8 Å². The average Bonchev–Trinajstić information content (AvgIpc) is 2.38. The molecule has 3 N–H and O–H groups in total. The Bertz CT molecular complexity index is 834. The third-order valence-electron chi connectivity index (χ3n) is 3.03. The first-order chi connectivity index (χ1) is 8.68. The predicted molar refractivity (Wildman–Crippen MR) is 70.6 cm³/mol. The van der Waals surface area contributed by atoms with E-state index in [-0.39, 0.29) is 5.56 Å². The molecule has 0 atom stereocenters. The van der Waals surface area contributed by atoms with Gasteiger partial charge in [-0.1, -0.05) is 30.3 Å². The molecule has 0 bridgehead atoms. The number of pyridine rings is 1. The van der Waals surface area contributed by atoms with Crippen molar-refractivity contribution >= 4 is 27.6 Å². The van der Waals surface area contributed by atoms with E-state index in [1.165, 1.54) is 0 Å². The highest BCUT2D eigenvalue weighted by atomic mass is 16.1. The van der Waals surface area contributed by atoms with E-state index in [0.717, 1.165) is 10.8 Å². The molecule has 0 saturated heterocycles. The van der Waals surface area contributed by atoms with Crippen molar-refractivity contribution in [2.24, 2.45) is 5.73 Å². The van der Waals surface area contributed by atoms with Gasteiger partial charge in [-0.05, 0) is 17.5 Å². The first-order valence-corrected chi connectivity index (χ1v) is 5.52. The van der Waals surface area contributed by atoms with Crippen LogP contribution in [0.3, 0.4) is 0 Å². The van der Waals surface area contributed by atoms with Gasteiger partial charge >= 0.3 is 0 Å². The largest absolute Gasteiger partial charge is 0.366 e. The van der Waals surface area contributed by atoms with Gasteiger partial charge in [-0.3, -0.25) is 9.59 Å². The molecule has 4 nitrogen and oxygen atoms in total. The smallest absolute Gasteiger partial charge is 0.256 e. The molecule has 0 spiro atoms. The highest BCUT2D eigenvalue weighted by Gasteiger charge is 2.10. The van der Waals surface area contributed by atoms with Crippen molar-refractivity contribution in [3.05, 3.63) is 58.4 Å². The molecule has 0 unspecified atom stereocenters. The topological polar surface area (TPSA) is 76.0 Å². The van der Waals surface area contributed by atoms with Crippen molar-refractivity contribution in [3.8, 4) is 0 Å². The number of nitrogens with one attached hydrogen (secondary N) is 1. The molecule has 0 radical (unpaired) electrons. The quantitative estimate of drug-likeness (QED) is 0.634. The number of amides is 1. The summed E-state index contributed by atoms with van der Waals surface area (Å²) in [5, 5.41) is 2.24. The van der Waals surface area contributed by atoms with Crippen LogP contribution in [0.5, 0.6) is 0 Å². The minimum absolute atomic E-state index is 0.216.